The molecule has 0 saturated heterocycles. The molecular formula is C33H67NOS2. The molecule has 0 bridgehead atoms. The molecule has 0 spiro atoms. The molecule has 0 aliphatic heterocycles. The zero-order valence-electron chi connectivity index (χ0n) is 25.4. The summed E-state index contributed by atoms with van der Waals surface area (Å²) in [4.78, 5) is 5.71. The smallest absolute Gasteiger partial charge is 0.241 e. The first-order valence-corrected chi connectivity index (χ1v) is 17.7. The van der Waals surface area contributed by atoms with Gasteiger partial charge in [-0.1, -0.05) is 193 Å². The fraction of sp³-hybridized carbons (Fsp3) is 0.970. The molecule has 0 aliphatic rings. The van der Waals surface area contributed by atoms with Crippen LogP contribution in [0.15, 0.2) is 0 Å². The van der Waals surface area contributed by atoms with E-state index in [0.717, 1.165) is 13.1 Å². The summed E-state index contributed by atoms with van der Waals surface area (Å²) in [6.07, 6.45) is 39.1. The van der Waals surface area contributed by atoms with Crippen molar-refractivity contribution in [3.05, 3.63) is 0 Å². The first kappa shape index (κ1) is 37.2. The largest absolute Gasteiger partial charge is 0.387 e. The van der Waals surface area contributed by atoms with Crippen LogP contribution in [-0.4, -0.2) is 22.5 Å². The number of nitrogens with zero attached hydrogens (tertiary/aromatic N) is 1. The summed E-state index contributed by atoms with van der Waals surface area (Å²) >= 11 is 9.28. The molecule has 0 atom stereocenters. The third-order valence-electron chi connectivity index (χ3n) is 7.73. The lowest BCUT2D eigenvalue weighted by molar-refractivity contribution is -0.0676. The topological polar surface area (TPSA) is 12.5 Å². The van der Waals surface area contributed by atoms with Crippen molar-refractivity contribution in [2.24, 2.45) is 0 Å². The van der Waals surface area contributed by atoms with Crippen LogP contribution >= 0.6 is 24.8 Å². The average molecular weight is 558 g/mol. The van der Waals surface area contributed by atoms with Crippen LogP contribution in [0.1, 0.15) is 194 Å². The lowest BCUT2D eigenvalue weighted by Crippen LogP contribution is -2.27. The molecule has 0 aromatic carbocycles. The Labute approximate surface area is 245 Å². The van der Waals surface area contributed by atoms with Crippen molar-refractivity contribution in [1.82, 2.24) is 5.06 Å². The van der Waals surface area contributed by atoms with E-state index in [1.807, 2.05) is 0 Å². The van der Waals surface area contributed by atoms with Gasteiger partial charge in [0.05, 0.1) is 0 Å². The van der Waals surface area contributed by atoms with Gasteiger partial charge < -0.3 is 4.84 Å². The fourth-order valence-corrected chi connectivity index (χ4v) is 5.50. The van der Waals surface area contributed by atoms with Gasteiger partial charge in [-0.3, -0.25) is 0 Å². The molecule has 0 radical (unpaired) electrons. The quantitative estimate of drug-likeness (QED) is 0.0394. The number of rotatable bonds is 31. The van der Waals surface area contributed by atoms with Gasteiger partial charge in [0.1, 0.15) is 0 Å². The van der Waals surface area contributed by atoms with E-state index in [4.69, 9.17) is 17.1 Å². The Balaban J connectivity index is 3.49. The van der Waals surface area contributed by atoms with Gasteiger partial charge in [-0.15, -0.1) is 5.06 Å². The first-order chi connectivity index (χ1) is 18.2. The highest BCUT2D eigenvalue weighted by Gasteiger charge is 2.07. The van der Waals surface area contributed by atoms with Crippen LogP contribution < -0.4 is 0 Å². The van der Waals surface area contributed by atoms with E-state index in [2.05, 4.69) is 31.5 Å². The van der Waals surface area contributed by atoms with Gasteiger partial charge in [-0.2, -0.15) is 0 Å². The van der Waals surface area contributed by atoms with E-state index in [-0.39, 0.29) is 0 Å². The van der Waals surface area contributed by atoms with Crippen molar-refractivity contribution in [3.8, 4) is 0 Å². The molecule has 0 N–H and O–H groups in total. The van der Waals surface area contributed by atoms with E-state index in [9.17, 15) is 0 Å². The molecule has 2 nitrogen and oxygen atoms in total. The van der Waals surface area contributed by atoms with E-state index in [1.54, 1.807) is 0 Å². The number of hydrogen-bond donors (Lipinski definition) is 1. The van der Waals surface area contributed by atoms with Crippen LogP contribution in [0.25, 0.3) is 0 Å². The van der Waals surface area contributed by atoms with Crippen molar-refractivity contribution < 1.29 is 4.84 Å². The molecule has 0 aromatic heterocycles. The Bertz CT molecular complexity index is 414. The van der Waals surface area contributed by atoms with Crippen LogP contribution in [0.5, 0.6) is 0 Å². The summed E-state index contributed by atoms with van der Waals surface area (Å²) in [6.45, 7) is 6.56. The third-order valence-corrected chi connectivity index (χ3v) is 7.89. The minimum atomic E-state index is 0.357. The van der Waals surface area contributed by atoms with Gasteiger partial charge >= 0.3 is 0 Å². The summed E-state index contributed by atoms with van der Waals surface area (Å²) in [6, 6.07) is 0. The van der Waals surface area contributed by atoms with Gasteiger partial charge in [0.25, 0.3) is 0 Å². The van der Waals surface area contributed by atoms with Gasteiger partial charge in [0.2, 0.25) is 4.38 Å². The standard InChI is InChI=1S/C33H67NOS2/c1-3-5-7-9-11-13-15-17-19-21-23-25-27-29-31-34(35-33(36)37)32-30-28-26-24-22-20-18-16-14-12-10-8-6-4-2/h3-32H2,1-2H3,(H,36,37). The van der Waals surface area contributed by atoms with Crippen molar-refractivity contribution in [2.75, 3.05) is 13.1 Å². The lowest BCUT2D eigenvalue weighted by atomic mass is 10.0. The van der Waals surface area contributed by atoms with E-state index in [0.29, 0.717) is 4.38 Å². The second-order valence-corrected chi connectivity index (χ2v) is 12.6. The molecular weight excluding hydrogens is 491 g/mol. The van der Waals surface area contributed by atoms with Gasteiger partial charge in [0, 0.05) is 13.1 Å². The summed E-state index contributed by atoms with van der Waals surface area (Å²) in [5.41, 5.74) is 0. The fourth-order valence-electron chi connectivity index (χ4n) is 5.28. The lowest BCUT2D eigenvalue weighted by Gasteiger charge is -2.21. The molecule has 0 fully saturated rings. The van der Waals surface area contributed by atoms with Gasteiger partial charge in [-0.25, -0.2) is 0 Å². The highest BCUT2D eigenvalue weighted by Crippen LogP contribution is 2.15. The van der Waals surface area contributed by atoms with Crippen LogP contribution in [0.2, 0.25) is 0 Å². The Morgan fingerprint density at radius 2 is 0.649 bits per heavy atom. The van der Waals surface area contributed by atoms with Crippen LogP contribution in [0, 0.1) is 0 Å². The molecule has 37 heavy (non-hydrogen) atoms. The van der Waals surface area contributed by atoms with Crippen LogP contribution in [-0.2, 0) is 4.84 Å². The monoisotopic (exact) mass is 557 g/mol. The Morgan fingerprint density at radius 1 is 0.432 bits per heavy atom. The molecule has 4 heteroatoms. The summed E-state index contributed by atoms with van der Waals surface area (Å²) in [5, 5.41) is 2.07. The summed E-state index contributed by atoms with van der Waals surface area (Å²) in [7, 11) is 0. The second kappa shape index (κ2) is 32.4. The zero-order valence-corrected chi connectivity index (χ0v) is 27.1. The van der Waals surface area contributed by atoms with Gasteiger partial charge in [-0.05, 0) is 25.1 Å². The van der Waals surface area contributed by atoms with Crippen molar-refractivity contribution >= 4 is 29.2 Å². The maximum atomic E-state index is 5.71. The number of unbranched alkanes of at least 4 members (excludes halogenated alkanes) is 26. The molecule has 0 rings (SSSR count). The molecule has 0 aliphatic carbocycles. The number of hydroxylamine groups is 2. The Kier molecular flexibility index (Phi) is 32.6. The summed E-state index contributed by atoms with van der Waals surface area (Å²) < 4.78 is 0.357. The van der Waals surface area contributed by atoms with E-state index >= 15 is 0 Å². The predicted octanol–water partition coefficient (Wildman–Crippen LogP) is 12.4. The number of thiocarbonyl (C=S) groups is 1. The molecule has 0 unspecified atom stereocenters. The van der Waals surface area contributed by atoms with E-state index < -0.39 is 0 Å². The molecule has 0 amide bonds. The second-order valence-electron chi connectivity index (χ2n) is 11.5. The van der Waals surface area contributed by atoms with Crippen molar-refractivity contribution in [3.63, 3.8) is 0 Å². The predicted molar refractivity (Wildman–Crippen MR) is 175 cm³/mol. The highest BCUT2D eigenvalue weighted by molar-refractivity contribution is 8.10. The Morgan fingerprint density at radius 3 is 0.865 bits per heavy atom. The normalized spacial score (nSPS) is 11.5. The molecule has 222 valence electrons. The van der Waals surface area contributed by atoms with Crippen molar-refractivity contribution in [2.45, 2.75) is 194 Å². The number of hydrogen-bond acceptors (Lipinski definition) is 3. The molecule has 0 saturated carbocycles. The first-order valence-electron chi connectivity index (χ1n) is 16.9. The van der Waals surface area contributed by atoms with Crippen LogP contribution in [0.3, 0.4) is 0 Å². The SMILES string of the molecule is CCCCCCCCCCCCCCCCN(CCCCCCCCCCCCCCCC)OC(=S)S. The van der Waals surface area contributed by atoms with E-state index in [1.165, 1.54) is 180 Å². The number of thiol groups is 1. The summed E-state index contributed by atoms with van der Waals surface area (Å²) in [5.74, 6) is 0. The average Bonchev–Trinajstić information content (AvgIpc) is 2.88. The minimum Gasteiger partial charge on any atom is -0.387 e. The maximum absolute atomic E-state index is 5.71. The molecule has 0 aromatic rings. The highest BCUT2D eigenvalue weighted by atomic mass is 32.1. The van der Waals surface area contributed by atoms with Crippen LogP contribution in [0.4, 0.5) is 0 Å². The maximum Gasteiger partial charge on any atom is 0.241 e. The van der Waals surface area contributed by atoms with Gasteiger partial charge in [0.15, 0.2) is 0 Å². The van der Waals surface area contributed by atoms with Crippen molar-refractivity contribution in [1.29, 1.82) is 0 Å². The zero-order chi connectivity index (χ0) is 27.1. The molecule has 0 heterocycles. The Hall–Kier alpha value is 0.200. The third kappa shape index (κ3) is 32.3. The minimum absolute atomic E-state index is 0.357.